The van der Waals surface area contributed by atoms with Crippen LogP contribution < -0.4 is 5.32 Å². The van der Waals surface area contributed by atoms with Gasteiger partial charge in [-0.25, -0.2) is 0 Å². The van der Waals surface area contributed by atoms with Gasteiger partial charge in [-0.15, -0.1) is 0 Å². The van der Waals surface area contributed by atoms with Crippen LogP contribution in [0.5, 0.6) is 0 Å². The number of rotatable bonds is 5. The highest BCUT2D eigenvalue weighted by atomic mass is 16.6. The molecular weight excluding hydrogens is 220 g/mol. The Kier molecular flexibility index (Phi) is 5.39. The predicted octanol–water partition coefficient (Wildman–Crippen LogP) is 0.848. The molecular formula is C12H20N2O3. The number of hydrogen-bond acceptors (Lipinski definition) is 4. The molecule has 1 amide bonds. The first kappa shape index (κ1) is 13.9. The third-order valence-corrected chi connectivity index (χ3v) is 3.23. The van der Waals surface area contributed by atoms with Gasteiger partial charge in [0.15, 0.2) is 0 Å². The molecule has 1 rings (SSSR count). The van der Waals surface area contributed by atoms with Crippen molar-refractivity contribution in [3.8, 4) is 6.07 Å². The van der Waals surface area contributed by atoms with Crippen molar-refractivity contribution in [2.75, 3.05) is 26.4 Å². The summed E-state index contributed by atoms with van der Waals surface area (Å²) in [6.45, 7) is 5.78. The number of ether oxygens (including phenoxy) is 2. The van der Waals surface area contributed by atoms with Crippen LogP contribution >= 0.6 is 0 Å². The van der Waals surface area contributed by atoms with E-state index in [1.54, 1.807) is 0 Å². The summed E-state index contributed by atoms with van der Waals surface area (Å²) in [6, 6.07) is 2.12. The minimum atomic E-state index is -0.907. The zero-order chi connectivity index (χ0) is 12.7. The summed E-state index contributed by atoms with van der Waals surface area (Å²) in [6.07, 6.45) is 0.944. The average molecular weight is 240 g/mol. The van der Waals surface area contributed by atoms with Crippen molar-refractivity contribution in [2.45, 2.75) is 32.8 Å². The normalized spacial score (nSPS) is 20.6. The summed E-state index contributed by atoms with van der Waals surface area (Å²) < 4.78 is 10.7. The van der Waals surface area contributed by atoms with Crippen molar-refractivity contribution < 1.29 is 14.3 Å². The molecule has 1 unspecified atom stereocenters. The van der Waals surface area contributed by atoms with Crippen LogP contribution in [0.2, 0.25) is 0 Å². The van der Waals surface area contributed by atoms with Gasteiger partial charge in [-0.2, -0.15) is 5.26 Å². The van der Waals surface area contributed by atoms with Crippen LogP contribution in [0, 0.1) is 16.7 Å². The molecule has 1 N–H and O–H groups in total. The topological polar surface area (TPSA) is 71.4 Å². The third kappa shape index (κ3) is 3.42. The number of nitrogens with one attached hydrogen (secondary N) is 1. The molecule has 0 bridgehead atoms. The van der Waals surface area contributed by atoms with Gasteiger partial charge in [-0.3, -0.25) is 4.79 Å². The molecule has 5 heteroatoms. The lowest BCUT2D eigenvalue weighted by Gasteiger charge is -2.26. The van der Waals surface area contributed by atoms with E-state index >= 15 is 0 Å². The highest BCUT2D eigenvalue weighted by Gasteiger charge is 2.35. The number of carbonyl (C=O) groups excluding carboxylic acids is 1. The van der Waals surface area contributed by atoms with Crippen molar-refractivity contribution in [3.63, 3.8) is 0 Å². The van der Waals surface area contributed by atoms with Crippen molar-refractivity contribution in [1.82, 2.24) is 5.32 Å². The SMILES string of the molecule is CCC(C#N)(CC)C(=O)NCC1COCCO1. The van der Waals surface area contributed by atoms with E-state index in [0.717, 1.165) is 0 Å². The molecule has 5 nitrogen and oxygen atoms in total. The van der Waals surface area contributed by atoms with Gasteiger partial charge in [0.2, 0.25) is 5.91 Å². The maximum atomic E-state index is 12.0. The van der Waals surface area contributed by atoms with Gasteiger partial charge in [0, 0.05) is 6.54 Å². The Morgan fingerprint density at radius 1 is 1.47 bits per heavy atom. The van der Waals surface area contributed by atoms with E-state index in [9.17, 15) is 4.79 Å². The molecule has 0 aromatic rings. The number of nitrogens with zero attached hydrogens (tertiary/aromatic N) is 1. The molecule has 0 aromatic heterocycles. The molecule has 1 atom stereocenters. The summed E-state index contributed by atoms with van der Waals surface area (Å²) in [5.74, 6) is -0.209. The average Bonchev–Trinajstić information content (AvgIpc) is 2.40. The maximum Gasteiger partial charge on any atom is 0.240 e. The van der Waals surface area contributed by atoms with E-state index in [1.165, 1.54) is 0 Å². The van der Waals surface area contributed by atoms with Gasteiger partial charge in [0.05, 0.1) is 32.0 Å². The molecule has 1 fully saturated rings. The van der Waals surface area contributed by atoms with E-state index in [2.05, 4.69) is 11.4 Å². The zero-order valence-electron chi connectivity index (χ0n) is 10.5. The fourth-order valence-electron chi connectivity index (χ4n) is 1.81. The van der Waals surface area contributed by atoms with E-state index in [-0.39, 0.29) is 12.0 Å². The smallest absolute Gasteiger partial charge is 0.240 e. The molecule has 96 valence electrons. The van der Waals surface area contributed by atoms with Crippen LogP contribution in [0.15, 0.2) is 0 Å². The summed E-state index contributed by atoms with van der Waals surface area (Å²) in [5, 5.41) is 11.9. The van der Waals surface area contributed by atoms with Crippen molar-refractivity contribution in [2.24, 2.45) is 5.41 Å². The number of amides is 1. The third-order valence-electron chi connectivity index (χ3n) is 3.23. The van der Waals surface area contributed by atoms with Gasteiger partial charge in [0.1, 0.15) is 5.41 Å². The molecule has 1 heterocycles. The predicted molar refractivity (Wildman–Crippen MR) is 62.2 cm³/mol. The summed E-state index contributed by atoms with van der Waals surface area (Å²) >= 11 is 0. The van der Waals surface area contributed by atoms with E-state index in [1.807, 2.05) is 13.8 Å². The zero-order valence-corrected chi connectivity index (χ0v) is 10.5. The lowest BCUT2D eigenvalue weighted by molar-refractivity contribution is -0.131. The number of carbonyl (C=O) groups is 1. The molecule has 0 saturated carbocycles. The molecule has 0 spiro atoms. The second-order valence-electron chi connectivity index (χ2n) is 4.18. The largest absolute Gasteiger partial charge is 0.376 e. The molecule has 1 saturated heterocycles. The second-order valence-corrected chi connectivity index (χ2v) is 4.18. The first-order valence-electron chi connectivity index (χ1n) is 6.07. The number of hydrogen-bond donors (Lipinski definition) is 1. The van der Waals surface area contributed by atoms with Gasteiger partial charge in [-0.1, -0.05) is 13.8 Å². The minimum absolute atomic E-state index is 0.0993. The van der Waals surface area contributed by atoms with Crippen LogP contribution in [0.25, 0.3) is 0 Å². The lowest BCUT2D eigenvalue weighted by atomic mass is 9.83. The lowest BCUT2D eigenvalue weighted by Crippen LogP contribution is -2.45. The Bertz CT molecular complexity index is 289. The maximum absolute atomic E-state index is 12.0. The molecule has 1 aliphatic rings. The molecule has 1 aliphatic heterocycles. The highest BCUT2D eigenvalue weighted by molar-refractivity contribution is 5.85. The minimum Gasteiger partial charge on any atom is -0.376 e. The van der Waals surface area contributed by atoms with Crippen molar-refractivity contribution >= 4 is 5.91 Å². The van der Waals surface area contributed by atoms with Gasteiger partial charge in [0.25, 0.3) is 0 Å². The Balaban J connectivity index is 2.45. The molecule has 0 aliphatic carbocycles. The van der Waals surface area contributed by atoms with E-state index < -0.39 is 5.41 Å². The summed E-state index contributed by atoms with van der Waals surface area (Å²) in [5.41, 5.74) is -0.907. The standard InChI is InChI=1S/C12H20N2O3/c1-3-12(4-2,9-13)11(15)14-7-10-8-16-5-6-17-10/h10H,3-8H2,1-2H3,(H,14,15). The van der Waals surface area contributed by atoms with Crippen LogP contribution in [-0.2, 0) is 14.3 Å². The monoisotopic (exact) mass is 240 g/mol. The van der Waals surface area contributed by atoms with Gasteiger partial charge < -0.3 is 14.8 Å². The van der Waals surface area contributed by atoms with E-state index in [0.29, 0.717) is 39.2 Å². The molecule has 0 radical (unpaired) electrons. The van der Waals surface area contributed by atoms with Crippen LogP contribution in [0.1, 0.15) is 26.7 Å². The Hall–Kier alpha value is -1.12. The van der Waals surface area contributed by atoms with Crippen molar-refractivity contribution in [3.05, 3.63) is 0 Å². The first-order chi connectivity index (χ1) is 8.18. The van der Waals surface area contributed by atoms with Crippen molar-refractivity contribution in [1.29, 1.82) is 5.26 Å². The van der Waals surface area contributed by atoms with Gasteiger partial charge in [-0.05, 0) is 12.8 Å². The molecule has 0 aromatic carbocycles. The molecule has 17 heavy (non-hydrogen) atoms. The first-order valence-corrected chi connectivity index (χ1v) is 6.07. The fraction of sp³-hybridized carbons (Fsp3) is 0.833. The number of nitriles is 1. The highest BCUT2D eigenvalue weighted by Crippen LogP contribution is 2.25. The Morgan fingerprint density at radius 2 is 2.18 bits per heavy atom. The van der Waals surface area contributed by atoms with Gasteiger partial charge >= 0.3 is 0 Å². The van der Waals surface area contributed by atoms with E-state index in [4.69, 9.17) is 14.7 Å². The van der Waals surface area contributed by atoms with Crippen LogP contribution in [0.3, 0.4) is 0 Å². The second kappa shape index (κ2) is 6.58. The summed E-state index contributed by atoms with van der Waals surface area (Å²) in [4.78, 5) is 12.0. The van der Waals surface area contributed by atoms with Crippen LogP contribution in [-0.4, -0.2) is 38.4 Å². The Labute approximate surface area is 102 Å². The fourth-order valence-corrected chi connectivity index (χ4v) is 1.81. The Morgan fingerprint density at radius 3 is 2.65 bits per heavy atom. The van der Waals surface area contributed by atoms with Crippen LogP contribution in [0.4, 0.5) is 0 Å². The summed E-state index contributed by atoms with van der Waals surface area (Å²) in [7, 11) is 0. The quantitative estimate of drug-likeness (QED) is 0.773.